The van der Waals surface area contributed by atoms with Crippen LogP contribution in [-0.2, 0) is 4.79 Å². The predicted molar refractivity (Wildman–Crippen MR) is 71.0 cm³/mol. The summed E-state index contributed by atoms with van der Waals surface area (Å²) in [5.74, 6) is -3.99. The second-order valence-corrected chi connectivity index (χ2v) is 5.87. The lowest BCUT2D eigenvalue weighted by Gasteiger charge is -2.30. The fourth-order valence-electron chi connectivity index (χ4n) is 3.38. The molecule has 1 aliphatic carbocycles. The van der Waals surface area contributed by atoms with Gasteiger partial charge in [-0.25, -0.2) is 13.2 Å². The SMILES string of the molecule is NC(CC1(CC(=O)O)CCCC1)c1c(F)cc(F)cc1F. The molecule has 21 heavy (non-hydrogen) atoms. The van der Waals surface area contributed by atoms with Crippen molar-refractivity contribution in [2.45, 2.75) is 44.6 Å². The molecular formula is C15H18F3NO2. The summed E-state index contributed by atoms with van der Waals surface area (Å²) < 4.78 is 40.4. The summed E-state index contributed by atoms with van der Waals surface area (Å²) in [7, 11) is 0. The fourth-order valence-corrected chi connectivity index (χ4v) is 3.38. The zero-order chi connectivity index (χ0) is 15.6. The summed E-state index contributed by atoms with van der Waals surface area (Å²) in [5, 5.41) is 9.03. The molecule has 0 spiro atoms. The number of aliphatic carboxylic acids is 1. The molecule has 1 aliphatic rings. The molecule has 1 fully saturated rings. The number of hydrogen-bond donors (Lipinski definition) is 2. The van der Waals surface area contributed by atoms with Gasteiger partial charge in [0.25, 0.3) is 0 Å². The first-order valence-electron chi connectivity index (χ1n) is 6.95. The molecule has 1 atom stereocenters. The molecule has 3 nitrogen and oxygen atoms in total. The summed E-state index contributed by atoms with van der Waals surface area (Å²) in [6, 6.07) is 0.205. The van der Waals surface area contributed by atoms with Crippen molar-refractivity contribution in [3.63, 3.8) is 0 Å². The van der Waals surface area contributed by atoms with Gasteiger partial charge in [0.15, 0.2) is 0 Å². The van der Waals surface area contributed by atoms with Crippen LogP contribution >= 0.6 is 0 Å². The monoisotopic (exact) mass is 301 g/mol. The Kier molecular flexibility index (Phi) is 4.56. The van der Waals surface area contributed by atoms with Gasteiger partial charge in [-0.2, -0.15) is 0 Å². The van der Waals surface area contributed by atoms with Crippen LogP contribution in [0.4, 0.5) is 13.2 Å². The van der Waals surface area contributed by atoms with Gasteiger partial charge in [0.1, 0.15) is 17.5 Å². The van der Waals surface area contributed by atoms with E-state index >= 15 is 0 Å². The topological polar surface area (TPSA) is 63.3 Å². The number of carboxylic acids is 1. The fraction of sp³-hybridized carbons (Fsp3) is 0.533. The molecular weight excluding hydrogens is 283 g/mol. The molecule has 2 rings (SSSR count). The number of benzene rings is 1. The van der Waals surface area contributed by atoms with Crippen LogP contribution in [0.5, 0.6) is 0 Å². The lowest BCUT2D eigenvalue weighted by atomic mass is 9.76. The van der Waals surface area contributed by atoms with Crippen LogP contribution in [0.2, 0.25) is 0 Å². The third-order valence-corrected chi connectivity index (χ3v) is 4.26. The lowest BCUT2D eigenvalue weighted by molar-refractivity contribution is -0.139. The zero-order valence-corrected chi connectivity index (χ0v) is 11.5. The summed E-state index contributed by atoms with van der Waals surface area (Å²) in [5.41, 5.74) is 5.00. The Morgan fingerprint density at radius 3 is 2.24 bits per heavy atom. The number of carboxylic acid groups (broad SMARTS) is 1. The van der Waals surface area contributed by atoms with E-state index in [1.165, 1.54) is 0 Å². The minimum Gasteiger partial charge on any atom is -0.481 e. The number of halogens is 3. The summed E-state index contributed by atoms with van der Waals surface area (Å²) >= 11 is 0. The van der Waals surface area contributed by atoms with Crippen molar-refractivity contribution in [1.82, 2.24) is 0 Å². The third kappa shape index (κ3) is 3.56. The van der Waals surface area contributed by atoms with Crippen molar-refractivity contribution >= 4 is 5.97 Å². The largest absolute Gasteiger partial charge is 0.481 e. The molecule has 0 heterocycles. The van der Waals surface area contributed by atoms with Crippen molar-refractivity contribution in [2.75, 3.05) is 0 Å². The molecule has 0 saturated heterocycles. The first-order chi connectivity index (χ1) is 9.83. The summed E-state index contributed by atoms with van der Waals surface area (Å²) in [4.78, 5) is 11.0. The molecule has 1 saturated carbocycles. The van der Waals surface area contributed by atoms with Gasteiger partial charge < -0.3 is 10.8 Å². The van der Waals surface area contributed by atoms with Crippen LogP contribution < -0.4 is 5.73 Å². The molecule has 0 radical (unpaired) electrons. The third-order valence-electron chi connectivity index (χ3n) is 4.26. The van der Waals surface area contributed by atoms with Gasteiger partial charge in [0, 0.05) is 23.7 Å². The normalized spacial score (nSPS) is 18.7. The van der Waals surface area contributed by atoms with E-state index in [0.29, 0.717) is 25.0 Å². The van der Waals surface area contributed by atoms with E-state index in [1.807, 2.05) is 0 Å². The molecule has 0 bridgehead atoms. The standard InChI is InChI=1S/C15H18F3NO2/c16-9-5-10(17)14(11(18)6-9)12(19)7-15(8-13(20)21)3-1-2-4-15/h5-6,12H,1-4,7-8,19H2,(H,20,21). The highest BCUT2D eigenvalue weighted by molar-refractivity contribution is 5.67. The number of nitrogens with two attached hydrogens (primary N) is 1. The second-order valence-electron chi connectivity index (χ2n) is 5.87. The zero-order valence-electron chi connectivity index (χ0n) is 11.5. The Labute approximate surface area is 121 Å². The van der Waals surface area contributed by atoms with Crippen molar-refractivity contribution in [3.8, 4) is 0 Å². The van der Waals surface area contributed by atoms with Gasteiger partial charge in [0.05, 0.1) is 6.42 Å². The number of rotatable bonds is 5. The molecule has 0 amide bonds. The number of hydrogen-bond acceptors (Lipinski definition) is 2. The maximum Gasteiger partial charge on any atom is 0.303 e. The van der Waals surface area contributed by atoms with Crippen LogP contribution in [0.15, 0.2) is 12.1 Å². The lowest BCUT2D eigenvalue weighted by Crippen LogP contribution is -2.28. The van der Waals surface area contributed by atoms with E-state index in [0.717, 1.165) is 12.8 Å². The van der Waals surface area contributed by atoms with Gasteiger partial charge >= 0.3 is 5.97 Å². The Balaban J connectivity index is 2.23. The van der Waals surface area contributed by atoms with Crippen LogP contribution in [0, 0.1) is 22.9 Å². The van der Waals surface area contributed by atoms with E-state index < -0.39 is 34.9 Å². The van der Waals surface area contributed by atoms with Gasteiger partial charge in [-0.1, -0.05) is 12.8 Å². The molecule has 0 aromatic heterocycles. The average molecular weight is 301 g/mol. The molecule has 1 aromatic carbocycles. The average Bonchev–Trinajstić information content (AvgIpc) is 2.74. The molecule has 1 aromatic rings. The summed E-state index contributed by atoms with van der Waals surface area (Å²) in [6.07, 6.45) is 3.24. The van der Waals surface area contributed by atoms with Crippen molar-refractivity contribution < 1.29 is 23.1 Å². The highest BCUT2D eigenvalue weighted by Gasteiger charge is 2.38. The summed E-state index contributed by atoms with van der Waals surface area (Å²) in [6.45, 7) is 0. The van der Waals surface area contributed by atoms with Gasteiger partial charge in [0.2, 0.25) is 0 Å². The molecule has 6 heteroatoms. The Bertz CT molecular complexity index is 519. The van der Waals surface area contributed by atoms with E-state index in [1.54, 1.807) is 0 Å². The van der Waals surface area contributed by atoms with Crippen LogP contribution in [0.1, 0.15) is 50.1 Å². The van der Waals surface area contributed by atoms with E-state index in [2.05, 4.69) is 0 Å². The molecule has 1 unspecified atom stereocenters. The predicted octanol–water partition coefficient (Wildman–Crippen LogP) is 3.53. The minimum absolute atomic E-state index is 0.0644. The first-order valence-corrected chi connectivity index (χ1v) is 6.95. The highest BCUT2D eigenvalue weighted by Crippen LogP contribution is 2.47. The molecule has 3 N–H and O–H groups in total. The van der Waals surface area contributed by atoms with Crippen molar-refractivity contribution in [2.24, 2.45) is 11.1 Å². The number of carbonyl (C=O) groups is 1. The smallest absolute Gasteiger partial charge is 0.303 e. The minimum atomic E-state index is -1.02. The van der Waals surface area contributed by atoms with Gasteiger partial charge in [-0.15, -0.1) is 0 Å². The van der Waals surface area contributed by atoms with E-state index in [4.69, 9.17) is 10.8 Å². The molecule has 116 valence electrons. The molecule has 0 aliphatic heterocycles. The van der Waals surface area contributed by atoms with Crippen molar-refractivity contribution in [1.29, 1.82) is 0 Å². The highest BCUT2D eigenvalue weighted by atomic mass is 19.1. The maximum absolute atomic E-state index is 13.7. The van der Waals surface area contributed by atoms with Crippen LogP contribution in [-0.4, -0.2) is 11.1 Å². The van der Waals surface area contributed by atoms with Gasteiger partial charge in [-0.05, 0) is 24.7 Å². The first kappa shape index (κ1) is 15.8. The Morgan fingerprint density at radius 2 is 1.76 bits per heavy atom. The van der Waals surface area contributed by atoms with Crippen LogP contribution in [0.3, 0.4) is 0 Å². The van der Waals surface area contributed by atoms with Crippen molar-refractivity contribution in [3.05, 3.63) is 35.1 Å². The van der Waals surface area contributed by atoms with Gasteiger partial charge in [-0.3, -0.25) is 4.79 Å². The van der Waals surface area contributed by atoms with E-state index in [-0.39, 0.29) is 18.4 Å². The maximum atomic E-state index is 13.7. The second kappa shape index (κ2) is 6.05. The quantitative estimate of drug-likeness (QED) is 0.874. The Morgan fingerprint density at radius 1 is 1.24 bits per heavy atom. The van der Waals surface area contributed by atoms with E-state index in [9.17, 15) is 18.0 Å². The Hall–Kier alpha value is -1.56. The van der Waals surface area contributed by atoms with Crippen LogP contribution in [0.25, 0.3) is 0 Å².